The summed E-state index contributed by atoms with van der Waals surface area (Å²) in [6.45, 7) is 10.9. The quantitative estimate of drug-likeness (QED) is 0.266. The first kappa shape index (κ1) is 24.1. The van der Waals surface area contributed by atoms with Crippen molar-refractivity contribution in [2.75, 3.05) is 11.1 Å². The lowest BCUT2D eigenvalue weighted by Crippen LogP contribution is -2.15. The molecule has 0 atom stereocenters. The van der Waals surface area contributed by atoms with Gasteiger partial charge in [0.1, 0.15) is 12.4 Å². The van der Waals surface area contributed by atoms with Crippen molar-refractivity contribution in [1.29, 1.82) is 0 Å². The monoisotopic (exact) mass is 514 g/mol. The maximum Gasteiger partial charge on any atom is 0.234 e. The van der Waals surface area contributed by atoms with Crippen LogP contribution in [0.15, 0.2) is 64.7 Å². The molecule has 0 saturated heterocycles. The molecule has 3 rings (SSSR count). The molecule has 1 amide bonds. The average molecular weight is 515 g/mol. The van der Waals surface area contributed by atoms with E-state index in [9.17, 15) is 4.79 Å². The van der Waals surface area contributed by atoms with Crippen LogP contribution in [0.4, 0.5) is 5.69 Å². The average Bonchev–Trinajstić information content (AvgIpc) is 3.15. The minimum atomic E-state index is -0.104. The Hall–Kier alpha value is -2.58. The van der Waals surface area contributed by atoms with Crippen molar-refractivity contribution in [3.63, 3.8) is 0 Å². The number of thioether (sulfide) groups is 1. The summed E-state index contributed by atoms with van der Waals surface area (Å²) in [5, 5.41) is 12.1. The fourth-order valence-corrected chi connectivity index (χ4v) is 4.00. The van der Waals surface area contributed by atoms with Crippen molar-refractivity contribution in [2.24, 2.45) is 0 Å². The molecule has 3 aromatic rings. The third kappa shape index (κ3) is 6.46. The zero-order valence-corrected chi connectivity index (χ0v) is 20.9. The van der Waals surface area contributed by atoms with Crippen molar-refractivity contribution < 1.29 is 9.53 Å². The topological polar surface area (TPSA) is 69.0 Å². The zero-order chi connectivity index (χ0) is 23.1. The largest absolute Gasteiger partial charge is 0.486 e. The highest BCUT2D eigenvalue weighted by Gasteiger charge is 2.14. The van der Waals surface area contributed by atoms with Gasteiger partial charge >= 0.3 is 0 Å². The van der Waals surface area contributed by atoms with E-state index in [1.54, 1.807) is 6.08 Å². The fraction of sp³-hybridized carbons (Fsp3) is 0.292. The molecule has 0 spiro atoms. The van der Waals surface area contributed by atoms with Crippen LogP contribution in [0.5, 0.6) is 5.75 Å². The predicted octanol–water partition coefficient (Wildman–Crippen LogP) is 5.97. The number of aryl methyl sites for hydroxylation is 1. The van der Waals surface area contributed by atoms with Gasteiger partial charge < -0.3 is 10.1 Å². The summed E-state index contributed by atoms with van der Waals surface area (Å²) < 4.78 is 8.82. The zero-order valence-electron chi connectivity index (χ0n) is 18.5. The molecule has 0 aliphatic carbocycles. The van der Waals surface area contributed by atoms with Gasteiger partial charge in [0.05, 0.1) is 5.75 Å². The van der Waals surface area contributed by atoms with Crippen LogP contribution in [0.1, 0.15) is 36.7 Å². The van der Waals surface area contributed by atoms with Gasteiger partial charge in [0.25, 0.3) is 0 Å². The van der Waals surface area contributed by atoms with Gasteiger partial charge in [-0.3, -0.25) is 9.36 Å². The number of hydrogen-bond donors (Lipinski definition) is 1. The van der Waals surface area contributed by atoms with Crippen LogP contribution in [0.2, 0.25) is 0 Å². The number of halogens is 1. The van der Waals surface area contributed by atoms with Gasteiger partial charge in [0.2, 0.25) is 5.91 Å². The van der Waals surface area contributed by atoms with E-state index in [0.717, 1.165) is 21.5 Å². The molecule has 1 heterocycles. The van der Waals surface area contributed by atoms with Crippen LogP contribution in [0.25, 0.3) is 0 Å². The molecule has 168 valence electrons. The summed E-state index contributed by atoms with van der Waals surface area (Å²) in [6.07, 6.45) is 1.78. The molecule has 1 N–H and O–H groups in total. The number of benzene rings is 2. The number of anilines is 1. The van der Waals surface area contributed by atoms with Gasteiger partial charge in [-0.2, -0.15) is 0 Å². The molecule has 0 unspecified atom stereocenters. The second kappa shape index (κ2) is 11.3. The van der Waals surface area contributed by atoms with Crippen LogP contribution in [-0.2, 0) is 17.9 Å². The molecule has 0 aliphatic rings. The van der Waals surface area contributed by atoms with Crippen LogP contribution < -0.4 is 10.1 Å². The van der Waals surface area contributed by atoms with Gasteiger partial charge in [0.15, 0.2) is 11.0 Å². The van der Waals surface area contributed by atoms with Gasteiger partial charge in [-0.15, -0.1) is 16.8 Å². The SMILES string of the molecule is C=CCn1c(COc2ccc(C(C)C)cc2)nnc1SCC(=O)Nc1ccc(Br)c(C)c1. The lowest BCUT2D eigenvalue weighted by Gasteiger charge is -2.11. The van der Waals surface area contributed by atoms with E-state index in [4.69, 9.17) is 4.74 Å². The van der Waals surface area contributed by atoms with Gasteiger partial charge in [-0.25, -0.2) is 0 Å². The van der Waals surface area contributed by atoms with Crippen molar-refractivity contribution in [3.05, 3.63) is 76.5 Å². The number of amides is 1. The molecule has 2 aromatic carbocycles. The van der Waals surface area contributed by atoms with E-state index >= 15 is 0 Å². The molecule has 0 aliphatic heterocycles. The Morgan fingerprint density at radius 2 is 2.00 bits per heavy atom. The Morgan fingerprint density at radius 1 is 1.25 bits per heavy atom. The molecular formula is C24H27BrN4O2S. The van der Waals surface area contributed by atoms with Crippen molar-refractivity contribution >= 4 is 39.3 Å². The summed E-state index contributed by atoms with van der Waals surface area (Å²) >= 11 is 4.80. The van der Waals surface area contributed by atoms with Gasteiger partial charge in [-0.1, -0.05) is 59.7 Å². The highest BCUT2D eigenvalue weighted by atomic mass is 79.9. The minimum Gasteiger partial charge on any atom is -0.486 e. The Bertz CT molecular complexity index is 1080. The lowest BCUT2D eigenvalue weighted by atomic mass is 10.0. The van der Waals surface area contributed by atoms with E-state index < -0.39 is 0 Å². The second-order valence-corrected chi connectivity index (χ2v) is 9.41. The van der Waals surface area contributed by atoms with Gasteiger partial charge in [0, 0.05) is 16.7 Å². The molecular weight excluding hydrogens is 488 g/mol. The van der Waals surface area contributed by atoms with E-state index in [2.05, 4.69) is 64.0 Å². The minimum absolute atomic E-state index is 0.104. The van der Waals surface area contributed by atoms with Crippen molar-refractivity contribution in [3.8, 4) is 5.75 Å². The fourth-order valence-electron chi connectivity index (χ4n) is 2.99. The first-order chi connectivity index (χ1) is 15.4. The Kier molecular flexibility index (Phi) is 8.53. The number of aromatic nitrogens is 3. The summed E-state index contributed by atoms with van der Waals surface area (Å²) in [6, 6.07) is 13.8. The van der Waals surface area contributed by atoms with Crippen LogP contribution in [0, 0.1) is 6.92 Å². The second-order valence-electron chi connectivity index (χ2n) is 7.61. The first-order valence-electron chi connectivity index (χ1n) is 10.3. The highest BCUT2D eigenvalue weighted by Crippen LogP contribution is 2.23. The van der Waals surface area contributed by atoms with E-state index in [1.165, 1.54) is 17.3 Å². The highest BCUT2D eigenvalue weighted by molar-refractivity contribution is 9.10. The molecule has 0 saturated carbocycles. The number of carbonyl (C=O) groups is 1. The maximum atomic E-state index is 12.4. The molecule has 0 radical (unpaired) electrons. The number of nitrogens with zero attached hydrogens (tertiary/aromatic N) is 3. The standard InChI is InChI=1S/C24H27BrN4O2S/c1-5-12-29-22(14-31-20-9-6-18(7-10-20)16(2)3)27-28-24(29)32-15-23(30)26-19-8-11-21(25)17(4)13-19/h5-11,13,16H,1,12,14-15H2,2-4H3,(H,26,30). The molecule has 6 nitrogen and oxygen atoms in total. The number of allylic oxidation sites excluding steroid dienone is 1. The molecule has 0 fully saturated rings. The number of rotatable bonds is 10. The smallest absolute Gasteiger partial charge is 0.234 e. The van der Waals surface area contributed by atoms with Crippen LogP contribution >= 0.6 is 27.7 Å². The van der Waals surface area contributed by atoms with Gasteiger partial charge in [-0.05, 0) is 54.3 Å². The first-order valence-corrected chi connectivity index (χ1v) is 12.1. The normalized spacial score (nSPS) is 10.9. The molecule has 32 heavy (non-hydrogen) atoms. The molecule has 1 aromatic heterocycles. The predicted molar refractivity (Wildman–Crippen MR) is 133 cm³/mol. The van der Waals surface area contributed by atoms with Crippen molar-refractivity contribution in [1.82, 2.24) is 14.8 Å². The van der Waals surface area contributed by atoms with Crippen molar-refractivity contribution in [2.45, 2.75) is 45.0 Å². The summed E-state index contributed by atoms with van der Waals surface area (Å²) in [7, 11) is 0. The summed E-state index contributed by atoms with van der Waals surface area (Å²) in [4.78, 5) is 12.4. The Labute approximate surface area is 201 Å². The van der Waals surface area contributed by atoms with E-state index in [-0.39, 0.29) is 18.3 Å². The molecule has 0 bridgehead atoms. The van der Waals surface area contributed by atoms with E-state index in [1.807, 2.05) is 41.8 Å². The number of carbonyl (C=O) groups excluding carboxylic acids is 1. The third-order valence-electron chi connectivity index (χ3n) is 4.79. The summed E-state index contributed by atoms with van der Waals surface area (Å²) in [5.74, 6) is 2.06. The summed E-state index contributed by atoms with van der Waals surface area (Å²) in [5.41, 5.74) is 3.09. The number of ether oxygens (including phenoxy) is 1. The number of nitrogens with one attached hydrogen (secondary N) is 1. The third-order valence-corrected chi connectivity index (χ3v) is 6.65. The Balaban J connectivity index is 1.60. The van der Waals surface area contributed by atoms with Crippen LogP contribution in [0.3, 0.4) is 0 Å². The lowest BCUT2D eigenvalue weighted by molar-refractivity contribution is -0.113. The molecule has 8 heteroatoms. The van der Waals surface area contributed by atoms with E-state index in [0.29, 0.717) is 23.4 Å². The Morgan fingerprint density at radius 3 is 2.66 bits per heavy atom. The van der Waals surface area contributed by atoms with Crippen LogP contribution in [-0.4, -0.2) is 26.4 Å². The number of hydrogen-bond acceptors (Lipinski definition) is 5. The maximum absolute atomic E-state index is 12.4.